The molecule has 0 aromatic heterocycles. The van der Waals surface area contributed by atoms with E-state index in [4.69, 9.17) is 0 Å². The van der Waals surface area contributed by atoms with Crippen molar-refractivity contribution in [2.24, 2.45) is 0 Å². The standard InChI is InChI=1S/C14H14F3NO2S/c1-8-3-4-10(5-12(8)14(15,16)17)18-7-11(6-13(18)20)21-9(2)19/h3-5,11H,6-7H2,1-2H3. The summed E-state index contributed by atoms with van der Waals surface area (Å²) >= 11 is 1.05. The summed E-state index contributed by atoms with van der Waals surface area (Å²) in [6.45, 7) is 3.04. The van der Waals surface area contributed by atoms with E-state index in [2.05, 4.69) is 0 Å². The van der Waals surface area contributed by atoms with Crippen molar-refractivity contribution in [3.05, 3.63) is 29.3 Å². The van der Waals surface area contributed by atoms with E-state index in [9.17, 15) is 22.8 Å². The molecule has 2 rings (SSSR count). The van der Waals surface area contributed by atoms with Gasteiger partial charge in [0.25, 0.3) is 0 Å². The topological polar surface area (TPSA) is 37.4 Å². The molecule has 1 amide bonds. The lowest BCUT2D eigenvalue weighted by Crippen LogP contribution is -2.25. The number of carbonyl (C=O) groups is 2. The Morgan fingerprint density at radius 2 is 2.05 bits per heavy atom. The van der Waals surface area contributed by atoms with Gasteiger partial charge in [0.2, 0.25) is 5.91 Å². The van der Waals surface area contributed by atoms with Crippen molar-refractivity contribution in [3.8, 4) is 0 Å². The molecule has 1 aromatic carbocycles. The van der Waals surface area contributed by atoms with E-state index in [1.165, 1.54) is 30.9 Å². The molecule has 1 aromatic rings. The van der Waals surface area contributed by atoms with Crippen LogP contribution in [0.2, 0.25) is 0 Å². The number of alkyl halides is 3. The first kappa shape index (κ1) is 15.9. The van der Waals surface area contributed by atoms with Crippen LogP contribution in [-0.4, -0.2) is 22.8 Å². The van der Waals surface area contributed by atoms with Crippen LogP contribution in [0.1, 0.15) is 24.5 Å². The van der Waals surface area contributed by atoms with Crippen LogP contribution in [0.15, 0.2) is 18.2 Å². The predicted molar refractivity (Wildman–Crippen MR) is 75.2 cm³/mol. The van der Waals surface area contributed by atoms with Crippen molar-refractivity contribution < 1.29 is 22.8 Å². The molecule has 114 valence electrons. The van der Waals surface area contributed by atoms with Crippen LogP contribution in [0.3, 0.4) is 0 Å². The Labute approximate surface area is 124 Å². The maximum absolute atomic E-state index is 12.9. The van der Waals surface area contributed by atoms with Gasteiger partial charge in [-0.05, 0) is 24.6 Å². The molecule has 7 heteroatoms. The molecule has 1 aliphatic heterocycles. The molecule has 0 radical (unpaired) electrons. The molecule has 1 heterocycles. The smallest absolute Gasteiger partial charge is 0.311 e. The van der Waals surface area contributed by atoms with Crippen molar-refractivity contribution in [2.75, 3.05) is 11.4 Å². The predicted octanol–water partition coefficient (Wildman–Crippen LogP) is 3.40. The van der Waals surface area contributed by atoms with Gasteiger partial charge in [-0.1, -0.05) is 17.8 Å². The maximum atomic E-state index is 12.9. The van der Waals surface area contributed by atoms with E-state index in [-0.39, 0.29) is 40.5 Å². The highest BCUT2D eigenvalue weighted by Crippen LogP contribution is 2.36. The molecule has 1 unspecified atom stereocenters. The van der Waals surface area contributed by atoms with Crippen molar-refractivity contribution in [1.29, 1.82) is 0 Å². The number of aryl methyl sites for hydroxylation is 1. The minimum absolute atomic E-state index is 0.102. The average molecular weight is 317 g/mol. The summed E-state index contributed by atoms with van der Waals surface area (Å²) in [6.07, 6.45) is -4.28. The van der Waals surface area contributed by atoms with Crippen LogP contribution in [0.4, 0.5) is 18.9 Å². The maximum Gasteiger partial charge on any atom is 0.416 e. The molecule has 3 nitrogen and oxygen atoms in total. The second-order valence-electron chi connectivity index (χ2n) is 4.94. The Kier molecular flexibility index (Phi) is 4.32. The van der Waals surface area contributed by atoms with Gasteiger partial charge in [-0.3, -0.25) is 9.59 Å². The van der Waals surface area contributed by atoms with E-state index in [0.29, 0.717) is 0 Å². The van der Waals surface area contributed by atoms with Crippen LogP contribution >= 0.6 is 11.8 Å². The third-order valence-electron chi connectivity index (χ3n) is 3.26. The number of hydrogen-bond acceptors (Lipinski definition) is 3. The zero-order valence-corrected chi connectivity index (χ0v) is 12.3. The SMILES string of the molecule is CC(=O)SC1CC(=O)N(c2ccc(C)c(C(F)(F)F)c2)C1. The number of anilines is 1. The van der Waals surface area contributed by atoms with Crippen molar-refractivity contribution >= 4 is 28.5 Å². The summed E-state index contributed by atoms with van der Waals surface area (Å²) in [5, 5.41) is -0.305. The fraction of sp³-hybridized carbons (Fsp3) is 0.429. The zero-order chi connectivity index (χ0) is 15.8. The van der Waals surface area contributed by atoms with E-state index in [1.54, 1.807) is 0 Å². The van der Waals surface area contributed by atoms with Crippen LogP contribution in [0.5, 0.6) is 0 Å². The van der Waals surface area contributed by atoms with Gasteiger partial charge in [-0.25, -0.2) is 0 Å². The monoisotopic (exact) mass is 317 g/mol. The number of halogens is 3. The minimum atomic E-state index is -4.45. The van der Waals surface area contributed by atoms with Crippen molar-refractivity contribution in [1.82, 2.24) is 0 Å². The first-order valence-electron chi connectivity index (χ1n) is 6.34. The highest BCUT2D eigenvalue weighted by molar-refractivity contribution is 8.14. The molecule has 1 aliphatic rings. The second-order valence-corrected chi connectivity index (χ2v) is 6.41. The van der Waals surface area contributed by atoms with E-state index >= 15 is 0 Å². The molecule has 0 aliphatic carbocycles. The average Bonchev–Trinajstić information content (AvgIpc) is 2.68. The van der Waals surface area contributed by atoms with Gasteiger partial charge in [0, 0.05) is 30.8 Å². The quantitative estimate of drug-likeness (QED) is 0.839. The fourth-order valence-electron chi connectivity index (χ4n) is 2.32. The lowest BCUT2D eigenvalue weighted by atomic mass is 10.1. The number of rotatable bonds is 2. The summed E-state index contributed by atoms with van der Waals surface area (Å²) < 4.78 is 38.7. The van der Waals surface area contributed by atoms with E-state index in [1.807, 2.05) is 0 Å². The number of hydrogen-bond donors (Lipinski definition) is 0. The lowest BCUT2D eigenvalue weighted by Gasteiger charge is -2.19. The van der Waals surface area contributed by atoms with Gasteiger partial charge in [0.05, 0.1) is 5.56 Å². The Morgan fingerprint density at radius 1 is 1.38 bits per heavy atom. The lowest BCUT2D eigenvalue weighted by molar-refractivity contribution is -0.138. The summed E-state index contributed by atoms with van der Waals surface area (Å²) in [7, 11) is 0. The summed E-state index contributed by atoms with van der Waals surface area (Å²) in [5.74, 6) is -0.259. The van der Waals surface area contributed by atoms with Gasteiger partial charge in [0.1, 0.15) is 0 Å². The fourth-order valence-corrected chi connectivity index (χ4v) is 3.24. The van der Waals surface area contributed by atoms with Gasteiger partial charge in [0.15, 0.2) is 5.12 Å². The third-order valence-corrected chi connectivity index (χ3v) is 4.24. The third kappa shape index (κ3) is 3.58. The molecule has 21 heavy (non-hydrogen) atoms. The highest BCUT2D eigenvalue weighted by Gasteiger charge is 2.35. The van der Waals surface area contributed by atoms with Gasteiger partial charge < -0.3 is 4.90 Å². The van der Waals surface area contributed by atoms with Gasteiger partial charge >= 0.3 is 6.18 Å². The van der Waals surface area contributed by atoms with E-state index < -0.39 is 11.7 Å². The number of thioether (sulfide) groups is 1. The molecular formula is C14H14F3NO2S. The zero-order valence-electron chi connectivity index (χ0n) is 11.5. The van der Waals surface area contributed by atoms with Crippen LogP contribution < -0.4 is 4.90 Å². The van der Waals surface area contributed by atoms with Gasteiger partial charge in [-0.15, -0.1) is 0 Å². The highest BCUT2D eigenvalue weighted by atomic mass is 32.2. The molecule has 0 bridgehead atoms. The normalized spacial score (nSPS) is 19.2. The summed E-state index contributed by atoms with van der Waals surface area (Å²) in [4.78, 5) is 24.3. The number of carbonyl (C=O) groups excluding carboxylic acids is 2. The molecule has 0 spiro atoms. The Hall–Kier alpha value is -1.50. The number of amides is 1. The van der Waals surface area contributed by atoms with Gasteiger partial charge in [-0.2, -0.15) is 13.2 Å². The second kappa shape index (κ2) is 5.71. The number of nitrogens with zero attached hydrogens (tertiary/aromatic N) is 1. The molecular weight excluding hydrogens is 303 g/mol. The molecule has 1 fully saturated rings. The first-order valence-corrected chi connectivity index (χ1v) is 7.22. The molecule has 1 atom stereocenters. The van der Waals surface area contributed by atoms with Crippen LogP contribution in [0.25, 0.3) is 0 Å². The minimum Gasteiger partial charge on any atom is -0.311 e. The molecule has 0 saturated carbocycles. The Bertz CT molecular complexity index is 586. The largest absolute Gasteiger partial charge is 0.416 e. The Morgan fingerprint density at radius 3 is 2.62 bits per heavy atom. The van der Waals surface area contributed by atoms with Crippen LogP contribution in [-0.2, 0) is 15.8 Å². The van der Waals surface area contributed by atoms with Crippen molar-refractivity contribution in [3.63, 3.8) is 0 Å². The Balaban J connectivity index is 2.27. The first-order chi connectivity index (χ1) is 9.68. The van der Waals surface area contributed by atoms with Crippen molar-refractivity contribution in [2.45, 2.75) is 31.7 Å². The molecule has 1 saturated heterocycles. The summed E-state index contributed by atoms with van der Waals surface area (Å²) in [6, 6.07) is 3.86. The van der Waals surface area contributed by atoms with Crippen LogP contribution in [0, 0.1) is 6.92 Å². The summed E-state index contributed by atoms with van der Waals surface area (Å²) in [5.41, 5.74) is -0.396. The van der Waals surface area contributed by atoms with E-state index in [0.717, 1.165) is 17.8 Å². The molecule has 0 N–H and O–H groups in total. The number of benzene rings is 1.